The first kappa shape index (κ1) is 29.4. The monoisotopic (exact) mass is 603 g/mol. The second kappa shape index (κ2) is 10.4. The van der Waals surface area contributed by atoms with Gasteiger partial charge in [-0.3, -0.25) is 14.4 Å². The van der Waals surface area contributed by atoms with E-state index in [0.29, 0.717) is 4.31 Å². The number of nitrogens with one attached hydrogen (secondary N) is 2. The second-order valence-corrected chi connectivity index (χ2v) is 12.8. The summed E-state index contributed by atoms with van der Waals surface area (Å²) in [5.41, 5.74) is -2.12. The van der Waals surface area contributed by atoms with E-state index in [0.717, 1.165) is 0 Å². The Hall–Kier alpha value is -3.60. The molecule has 1 unspecified atom stereocenters. The van der Waals surface area contributed by atoms with Gasteiger partial charge in [0.15, 0.2) is 5.54 Å². The highest BCUT2D eigenvalue weighted by atomic mass is 35.5. The Labute approximate surface area is 242 Å². The minimum absolute atomic E-state index is 0.0281. The number of halogens is 2. The van der Waals surface area contributed by atoms with Crippen LogP contribution in [0.25, 0.3) is 0 Å². The summed E-state index contributed by atoms with van der Waals surface area (Å²) in [6, 6.07) is 14.4. The van der Waals surface area contributed by atoms with E-state index < -0.39 is 38.8 Å². The van der Waals surface area contributed by atoms with Crippen molar-refractivity contribution in [1.29, 1.82) is 0 Å². The maximum atomic E-state index is 14.4. The molecule has 3 amide bonds. The number of hydrogen-bond donors (Lipinski definition) is 2. The first-order chi connectivity index (χ1) is 18.6. The third-order valence-electron chi connectivity index (χ3n) is 6.16. The minimum atomic E-state index is -4.67. The van der Waals surface area contributed by atoms with Crippen LogP contribution < -0.4 is 19.7 Å². The number of amides is 3. The number of carbonyl (C=O) groups is 3. The number of methoxy groups -OCH3 is 1. The molecule has 210 valence electrons. The predicted octanol–water partition coefficient (Wildman–Crippen LogP) is 4.65. The van der Waals surface area contributed by atoms with E-state index in [2.05, 4.69) is 10.6 Å². The first-order valence-corrected chi connectivity index (χ1v) is 14.3. The van der Waals surface area contributed by atoms with Gasteiger partial charge in [-0.2, -0.15) is 4.31 Å². The zero-order valence-corrected chi connectivity index (χ0v) is 24.7. The van der Waals surface area contributed by atoms with Gasteiger partial charge in [0.1, 0.15) is 10.6 Å². The molecule has 0 spiro atoms. The lowest BCUT2D eigenvalue weighted by molar-refractivity contribution is -0.128. The van der Waals surface area contributed by atoms with Crippen LogP contribution in [0.3, 0.4) is 0 Å². The minimum Gasteiger partial charge on any atom is -0.495 e. The van der Waals surface area contributed by atoms with Crippen molar-refractivity contribution in [2.75, 3.05) is 11.4 Å². The fourth-order valence-electron chi connectivity index (χ4n) is 4.61. The molecule has 1 aliphatic rings. The van der Waals surface area contributed by atoms with E-state index in [9.17, 15) is 22.8 Å². The van der Waals surface area contributed by atoms with Crippen LogP contribution in [0.2, 0.25) is 10.0 Å². The van der Waals surface area contributed by atoms with Gasteiger partial charge in [0.25, 0.3) is 21.8 Å². The van der Waals surface area contributed by atoms with Crippen molar-refractivity contribution < 1.29 is 27.5 Å². The van der Waals surface area contributed by atoms with Crippen molar-refractivity contribution in [1.82, 2.24) is 10.6 Å². The molecule has 40 heavy (non-hydrogen) atoms. The van der Waals surface area contributed by atoms with Crippen LogP contribution in [-0.4, -0.2) is 38.8 Å². The molecule has 9 nitrogen and oxygen atoms in total. The van der Waals surface area contributed by atoms with Gasteiger partial charge in [0, 0.05) is 39.2 Å². The third kappa shape index (κ3) is 5.02. The molecule has 0 bridgehead atoms. The lowest BCUT2D eigenvalue weighted by Crippen LogP contribution is -2.54. The molecule has 0 aromatic heterocycles. The number of rotatable bonds is 6. The predicted molar refractivity (Wildman–Crippen MR) is 152 cm³/mol. The van der Waals surface area contributed by atoms with Crippen LogP contribution in [-0.2, 0) is 25.2 Å². The van der Waals surface area contributed by atoms with Crippen LogP contribution >= 0.6 is 23.2 Å². The van der Waals surface area contributed by atoms with Gasteiger partial charge < -0.3 is 15.4 Å². The van der Waals surface area contributed by atoms with Crippen LogP contribution in [0.4, 0.5) is 5.69 Å². The van der Waals surface area contributed by atoms with E-state index in [4.69, 9.17) is 27.9 Å². The van der Waals surface area contributed by atoms with E-state index in [-0.39, 0.29) is 43.1 Å². The molecule has 1 aliphatic heterocycles. The number of carbonyl (C=O) groups excluding carboxylic acids is 3. The molecule has 1 atom stereocenters. The molecule has 3 aromatic carbocycles. The zero-order valence-electron chi connectivity index (χ0n) is 22.3. The fraction of sp³-hybridized carbons (Fsp3) is 0.250. The molecule has 0 saturated heterocycles. The quantitative estimate of drug-likeness (QED) is 0.423. The van der Waals surface area contributed by atoms with Gasteiger partial charge in [0.2, 0.25) is 5.91 Å². The van der Waals surface area contributed by atoms with Gasteiger partial charge in [-0.05, 0) is 63.2 Å². The molecule has 0 aliphatic carbocycles. The number of benzene rings is 3. The Balaban J connectivity index is 1.95. The maximum absolute atomic E-state index is 14.4. The smallest absolute Gasteiger partial charge is 0.276 e. The largest absolute Gasteiger partial charge is 0.495 e. The Morgan fingerprint density at radius 3 is 2.25 bits per heavy atom. The van der Waals surface area contributed by atoms with Crippen LogP contribution in [0, 0.1) is 0 Å². The standard InChI is InChI=1S/C28H27Cl2N3O6S/c1-16(34)31-28(19-8-6-7-9-21(19)30)20-15-18(29)11-12-22(20)33(26(28)36)40(37,38)24-13-10-17(14-23(24)39-5)25(35)32-27(2,3)4/h6-15H,1-5H3,(H,31,34)(H,32,35). The molecule has 3 aromatic rings. The third-order valence-corrected chi connectivity index (χ3v) is 8.46. The van der Waals surface area contributed by atoms with E-state index in [1.807, 2.05) is 20.8 Å². The Morgan fingerprint density at radius 2 is 1.65 bits per heavy atom. The van der Waals surface area contributed by atoms with Gasteiger partial charge >= 0.3 is 0 Å². The number of anilines is 1. The fourth-order valence-corrected chi connectivity index (χ4v) is 6.67. The van der Waals surface area contributed by atoms with Crippen molar-refractivity contribution in [2.45, 2.75) is 43.7 Å². The molecule has 12 heteroatoms. The molecule has 1 heterocycles. The SMILES string of the molecule is COc1cc(C(=O)NC(C)(C)C)ccc1S(=O)(=O)N1C(=O)C(NC(C)=O)(c2ccccc2Cl)c2cc(Cl)ccc21. The Morgan fingerprint density at radius 1 is 0.975 bits per heavy atom. The van der Waals surface area contributed by atoms with Crippen LogP contribution in [0.5, 0.6) is 5.75 Å². The van der Waals surface area contributed by atoms with Gasteiger partial charge in [-0.1, -0.05) is 41.4 Å². The van der Waals surface area contributed by atoms with Crippen molar-refractivity contribution in [3.8, 4) is 5.75 Å². The molecular formula is C28H27Cl2N3O6S. The number of sulfonamides is 1. The summed E-state index contributed by atoms with van der Waals surface area (Å²) in [6.45, 7) is 6.63. The summed E-state index contributed by atoms with van der Waals surface area (Å²) < 4.78 is 34.4. The number of hydrogen-bond acceptors (Lipinski definition) is 6. The summed E-state index contributed by atoms with van der Waals surface area (Å²) in [5, 5.41) is 5.79. The Bertz CT molecular complexity index is 1650. The molecule has 0 saturated carbocycles. The number of ether oxygens (including phenoxy) is 1. The zero-order chi connectivity index (χ0) is 29.6. The molecule has 4 rings (SSSR count). The van der Waals surface area contributed by atoms with Gasteiger partial charge in [-0.25, -0.2) is 8.42 Å². The molecule has 0 radical (unpaired) electrons. The highest BCUT2D eigenvalue weighted by Crippen LogP contribution is 2.49. The summed E-state index contributed by atoms with van der Waals surface area (Å²) in [4.78, 5) is 39.2. The molecular weight excluding hydrogens is 577 g/mol. The normalized spacial score (nSPS) is 16.9. The van der Waals surface area contributed by atoms with Crippen molar-refractivity contribution in [3.63, 3.8) is 0 Å². The maximum Gasteiger partial charge on any atom is 0.276 e. The van der Waals surface area contributed by atoms with Gasteiger partial charge in [0.05, 0.1) is 12.8 Å². The topological polar surface area (TPSA) is 122 Å². The highest BCUT2D eigenvalue weighted by Gasteiger charge is 2.58. The first-order valence-electron chi connectivity index (χ1n) is 12.1. The van der Waals surface area contributed by atoms with E-state index in [1.54, 1.807) is 12.1 Å². The Kier molecular flexibility index (Phi) is 7.66. The summed E-state index contributed by atoms with van der Waals surface area (Å²) in [5.74, 6) is -2.19. The van der Waals surface area contributed by atoms with Crippen molar-refractivity contribution in [2.24, 2.45) is 0 Å². The number of nitrogens with zero attached hydrogens (tertiary/aromatic N) is 1. The van der Waals surface area contributed by atoms with E-state index >= 15 is 0 Å². The average Bonchev–Trinajstić information content (AvgIpc) is 3.10. The lowest BCUT2D eigenvalue weighted by atomic mass is 9.83. The van der Waals surface area contributed by atoms with E-state index in [1.165, 1.54) is 62.6 Å². The lowest BCUT2D eigenvalue weighted by Gasteiger charge is -2.30. The molecule has 0 fully saturated rings. The van der Waals surface area contributed by atoms with Crippen LogP contribution in [0.15, 0.2) is 65.6 Å². The second-order valence-electron chi connectivity index (χ2n) is 10.2. The van der Waals surface area contributed by atoms with Crippen molar-refractivity contribution in [3.05, 3.63) is 87.4 Å². The summed E-state index contributed by atoms with van der Waals surface area (Å²) in [6.07, 6.45) is 0. The number of fused-ring (bicyclic) bond motifs is 1. The molecule has 2 N–H and O–H groups in total. The average molecular weight is 605 g/mol. The summed E-state index contributed by atoms with van der Waals surface area (Å²) >= 11 is 12.8. The van der Waals surface area contributed by atoms with Crippen molar-refractivity contribution >= 4 is 56.6 Å². The highest BCUT2D eigenvalue weighted by molar-refractivity contribution is 7.93. The van der Waals surface area contributed by atoms with Gasteiger partial charge in [-0.15, -0.1) is 0 Å². The summed E-state index contributed by atoms with van der Waals surface area (Å²) in [7, 11) is -3.42. The van der Waals surface area contributed by atoms with Crippen LogP contribution in [0.1, 0.15) is 49.2 Å².